The maximum Gasteiger partial charge on any atom is 0.411 e. The topological polar surface area (TPSA) is 128 Å². The van der Waals surface area contributed by atoms with Gasteiger partial charge in [-0.3, -0.25) is 14.5 Å². The number of carbonyl (C=O) groups excluding carboxylic acids is 2. The average molecular weight is 526 g/mol. The summed E-state index contributed by atoms with van der Waals surface area (Å²) in [6, 6.07) is 13.4. The normalized spacial score (nSPS) is 21.0. The van der Waals surface area contributed by atoms with Gasteiger partial charge in [0.1, 0.15) is 17.7 Å². The Kier molecular flexibility index (Phi) is 6.56. The Bertz CT molecular complexity index is 1640. The number of benzene rings is 2. The summed E-state index contributed by atoms with van der Waals surface area (Å²) < 4.78 is 7.10. The highest BCUT2D eigenvalue weighted by molar-refractivity contribution is 6.06. The van der Waals surface area contributed by atoms with Gasteiger partial charge < -0.3 is 14.6 Å². The molecule has 2 aromatic carbocycles. The van der Waals surface area contributed by atoms with E-state index in [2.05, 4.69) is 17.5 Å². The zero-order valence-corrected chi connectivity index (χ0v) is 22.5. The SMILES string of the molecule is Cn1c(=O)c2cc(CC(C#N)NC(=O)[C@@H]3[C@H]4CC[C@H](C4)N3C(=O)OC(C)(C)C)ccc2c2ccc(C#N)cc21. The molecule has 2 bridgehead atoms. The smallest absolute Gasteiger partial charge is 0.411 e. The number of piperidine rings is 1. The minimum atomic E-state index is -0.836. The lowest BCUT2D eigenvalue weighted by Crippen LogP contribution is -2.55. The Balaban J connectivity index is 1.38. The molecular weight excluding hydrogens is 494 g/mol. The second-order valence-corrected chi connectivity index (χ2v) is 11.5. The van der Waals surface area contributed by atoms with Crippen molar-refractivity contribution in [3.05, 3.63) is 57.9 Å². The number of hydrogen-bond acceptors (Lipinski definition) is 6. The predicted molar refractivity (Wildman–Crippen MR) is 146 cm³/mol. The van der Waals surface area contributed by atoms with Crippen LogP contribution < -0.4 is 10.9 Å². The van der Waals surface area contributed by atoms with Gasteiger partial charge in [-0.05, 0) is 75.1 Å². The summed E-state index contributed by atoms with van der Waals surface area (Å²) >= 11 is 0. The number of nitrogens with one attached hydrogen (secondary N) is 1. The number of hydrogen-bond donors (Lipinski definition) is 1. The van der Waals surface area contributed by atoms with Crippen LogP contribution in [-0.4, -0.2) is 45.2 Å². The minimum absolute atomic E-state index is 0.0306. The van der Waals surface area contributed by atoms with Crippen molar-refractivity contribution in [2.24, 2.45) is 13.0 Å². The van der Waals surface area contributed by atoms with Crippen LogP contribution in [0.2, 0.25) is 0 Å². The fourth-order valence-corrected chi connectivity index (χ4v) is 6.05. The van der Waals surface area contributed by atoms with E-state index in [0.29, 0.717) is 16.5 Å². The first-order valence-corrected chi connectivity index (χ1v) is 13.2. The number of amides is 2. The van der Waals surface area contributed by atoms with Crippen molar-refractivity contribution in [2.45, 2.75) is 70.2 Å². The summed E-state index contributed by atoms with van der Waals surface area (Å²) in [5.74, 6) is -0.309. The van der Waals surface area contributed by atoms with E-state index < -0.39 is 23.8 Å². The number of pyridine rings is 1. The zero-order chi connectivity index (χ0) is 28.1. The first-order valence-electron chi connectivity index (χ1n) is 13.2. The highest BCUT2D eigenvalue weighted by atomic mass is 16.6. The number of aryl methyl sites for hydroxylation is 1. The molecule has 4 atom stereocenters. The van der Waals surface area contributed by atoms with Crippen LogP contribution in [0.4, 0.5) is 4.79 Å². The van der Waals surface area contributed by atoms with Gasteiger partial charge in [-0.15, -0.1) is 0 Å². The van der Waals surface area contributed by atoms with E-state index in [1.807, 2.05) is 18.2 Å². The van der Waals surface area contributed by atoms with Gasteiger partial charge in [0.05, 0.1) is 23.2 Å². The molecule has 1 aliphatic carbocycles. The van der Waals surface area contributed by atoms with Crippen LogP contribution in [0.3, 0.4) is 0 Å². The van der Waals surface area contributed by atoms with Crippen LogP contribution in [0, 0.1) is 28.6 Å². The van der Waals surface area contributed by atoms with Gasteiger partial charge in [0.25, 0.3) is 5.56 Å². The predicted octanol–water partition coefficient (Wildman–Crippen LogP) is 3.90. The summed E-state index contributed by atoms with van der Waals surface area (Å²) in [7, 11) is 1.67. The Hall–Kier alpha value is -4.37. The molecular formula is C30H31N5O4. The first-order chi connectivity index (χ1) is 18.5. The Morgan fingerprint density at radius 3 is 2.54 bits per heavy atom. The summed E-state index contributed by atoms with van der Waals surface area (Å²) in [6.07, 6.45) is 2.17. The monoisotopic (exact) mass is 525 g/mol. The van der Waals surface area contributed by atoms with E-state index in [1.54, 1.807) is 50.9 Å². The zero-order valence-electron chi connectivity index (χ0n) is 22.5. The van der Waals surface area contributed by atoms with Gasteiger partial charge in [-0.1, -0.05) is 18.2 Å². The van der Waals surface area contributed by atoms with Crippen molar-refractivity contribution in [3.8, 4) is 12.1 Å². The number of fused-ring (bicyclic) bond motifs is 5. The molecule has 1 saturated heterocycles. The molecule has 1 unspecified atom stereocenters. The molecule has 1 aliphatic heterocycles. The second kappa shape index (κ2) is 9.74. The van der Waals surface area contributed by atoms with E-state index in [0.717, 1.165) is 35.6 Å². The largest absolute Gasteiger partial charge is 0.444 e. The number of rotatable bonds is 4. The molecule has 1 aromatic heterocycles. The van der Waals surface area contributed by atoms with Crippen molar-refractivity contribution >= 4 is 33.7 Å². The average Bonchev–Trinajstić information content (AvgIpc) is 3.52. The molecule has 9 heteroatoms. The molecule has 2 amide bonds. The molecule has 0 spiro atoms. The third-order valence-corrected chi connectivity index (χ3v) is 7.77. The van der Waals surface area contributed by atoms with Crippen LogP contribution in [-0.2, 0) is 23.0 Å². The summed E-state index contributed by atoms with van der Waals surface area (Å²) in [5.41, 5.74) is 0.994. The summed E-state index contributed by atoms with van der Waals surface area (Å²) in [6.45, 7) is 5.38. The van der Waals surface area contributed by atoms with E-state index in [-0.39, 0.29) is 29.8 Å². The van der Waals surface area contributed by atoms with Crippen LogP contribution >= 0.6 is 0 Å². The molecule has 0 radical (unpaired) electrons. The molecule has 39 heavy (non-hydrogen) atoms. The third-order valence-electron chi connectivity index (χ3n) is 7.77. The number of likely N-dealkylation sites (tertiary alicyclic amines) is 1. The molecule has 200 valence electrons. The lowest BCUT2D eigenvalue weighted by atomic mass is 9.96. The number of ether oxygens (including phenoxy) is 1. The quantitative estimate of drug-likeness (QED) is 0.515. The highest BCUT2D eigenvalue weighted by Crippen LogP contribution is 2.43. The summed E-state index contributed by atoms with van der Waals surface area (Å²) in [5, 5.41) is 24.1. The molecule has 9 nitrogen and oxygen atoms in total. The molecule has 2 fully saturated rings. The Morgan fingerprint density at radius 1 is 1.10 bits per heavy atom. The molecule has 3 aromatic rings. The number of nitrogens with zero attached hydrogens (tertiary/aromatic N) is 4. The van der Waals surface area contributed by atoms with E-state index in [9.17, 15) is 24.9 Å². The van der Waals surface area contributed by atoms with Gasteiger partial charge in [0, 0.05) is 30.3 Å². The van der Waals surface area contributed by atoms with Crippen molar-refractivity contribution < 1.29 is 14.3 Å². The van der Waals surface area contributed by atoms with E-state index in [1.165, 1.54) is 4.57 Å². The standard InChI is InChI=1S/C30H31N5O4/c1-30(2,3)39-29(38)35-21-8-7-19(14-21)26(35)27(36)33-20(16-32)11-17-5-9-22-23-10-6-18(15-31)13-25(23)34(4)28(37)24(22)12-17/h5-6,9-10,12-13,19-21,26H,7-8,11,14H2,1-4H3,(H,33,36)/t19-,20?,21+,26-/m0/s1. The van der Waals surface area contributed by atoms with Crippen LogP contribution in [0.25, 0.3) is 21.7 Å². The molecule has 2 heterocycles. The molecule has 1 N–H and O–H groups in total. The van der Waals surface area contributed by atoms with Crippen LogP contribution in [0.5, 0.6) is 0 Å². The number of nitriles is 2. The lowest BCUT2D eigenvalue weighted by Gasteiger charge is -2.35. The second-order valence-electron chi connectivity index (χ2n) is 11.5. The Labute approximate surface area is 226 Å². The maximum absolute atomic E-state index is 13.4. The number of aromatic nitrogens is 1. The van der Waals surface area contributed by atoms with Crippen LogP contribution in [0.15, 0.2) is 41.2 Å². The highest BCUT2D eigenvalue weighted by Gasteiger charge is 2.52. The van der Waals surface area contributed by atoms with Crippen molar-refractivity contribution in [3.63, 3.8) is 0 Å². The third kappa shape index (κ3) is 4.81. The van der Waals surface area contributed by atoms with Crippen LogP contribution in [0.1, 0.15) is 51.2 Å². The van der Waals surface area contributed by atoms with Gasteiger partial charge in [-0.25, -0.2) is 4.79 Å². The summed E-state index contributed by atoms with van der Waals surface area (Å²) in [4.78, 5) is 41.1. The van der Waals surface area contributed by atoms with Gasteiger partial charge >= 0.3 is 6.09 Å². The molecule has 5 rings (SSSR count). The molecule has 1 saturated carbocycles. The Morgan fingerprint density at radius 2 is 1.85 bits per heavy atom. The van der Waals surface area contributed by atoms with Crippen molar-refractivity contribution in [2.75, 3.05) is 0 Å². The molecule has 2 aliphatic rings. The van der Waals surface area contributed by atoms with Crippen molar-refractivity contribution in [1.82, 2.24) is 14.8 Å². The number of carbonyl (C=O) groups is 2. The van der Waals surface area contributed by atoms with E-state index >= 15 is 0 Å². The van der Waals surface area contributed by atoms with E-state index in [4.69, 9.17) is 4.74 Å². The lowest BCUT2D eigenvalue weighted by molar-refractivity contribution is -0.128. The van der Waals surface area contributed by atoms with Crippen molar-refractivity contribution in [1.29, 1.82) is 10.5 Å². The first kappa shape index (κ1) is 26.2. The maximum atomic E-state index is 13.4. The van der Waals surface area contributed by atoms with Gasteiger partial charge in [0.15, 0.2) is 0 Å². The fourth-order valence-electron chi connectivity index (χ4n) is 6.05. The minimum Gasteiger partial charge on any atom is -0.444 e. The van der Waals surface area contributed by atoms with Gasteiger partial charge in [0.2, 0.25) is 5.91 Å². The van der Waals surface area contributed by atoms with Gasteiger partial charge in [-0.2, -0.15) is 10.5 Å². The fraction of sp³-hybridized carbons (Fsp3) is 0.433.